The van der Waals surface area contributed by atoms with Crippen molar-refractivity contribution >= 4 is 40.6 Å². The van der Waals surface area contributed by atoms with Crippen LogP contribution in [0.15, 0.2) is 35.5 Å². The number of H-pyrrole nitrogens is 1. The molecule has 2 aromatic rings. The van der Waals surface area contributed by atoms with Gasteiger partial charge in [-0.05, 0) is 69.0 Å². The number of aromatic nitrogens is 1. The fraction of sp³-hybridized carbons (Fsp3) is 0.552. The molecule has 2 rings (SSSR count). The van der Waals surface area contributed by atoms with E-state index < -0.39 is 47.9 Å². The first-order chi connectivity index (χ1) is 20.4. The van der Waals surface area contributed by atoms with Gasteiger partial charge in [-0.3, -0.25) is 19.4 Å². The van der Waals surface area contributed by atoms with Gasteiger partial charge in [0.15, 0.2) is 5.96 Å². The molecule has 1 heterocycles. The summed E-state index contributed by atoms with van der Waals surface area (Å²) in [6, 6.07) is 3.56. The van der Waals surface area contributed by atoms with Crippen LogP contribution >= 0.6 is 0 Å². The van der Waals surface area contributed by atoms with Crippen molar-refractivity contribution in [1.29, 1.82) is 0 Å². The van der Waals surface area contributed by atoms with E-state index in [9.17, 15) is 24.3 Å². The predicted molar refractivity (Wildman–Crippen MR) is 166 cm³/mol. The molecule has 13 N–H and O–H groups in total. The van der Waals surface area contributed by atoms with E-state index in [-0.39, 0.29) is 44.1 Å². The van der Waals surface area contributed by atoms with Gasteiger partial charge in [-0.1, -0.05) is 32.0 Å². The molecule has 1 aromatic carbocycles. The van der Waals surface area contributed by atoms with Crippen LogP contribution in [0.25, 0.3) is 10.9 Å². The third-order valence-electron chi connectivity index (χ3n) is 6.93. The second-order valence-electron chi connectivity index (χ2n) is 11.1. The Hall–Kier alpha value is -4.17. The first-order valence-corrected chi connectivity index (χ1v) is 14.6. The summed E-state index contributed by atoms with van der Waals surface area (Å²) < 4.78 is 0. The Labute approximate surface area is 251 Å². The van der Waals surface area contributed by atoms with Crippen molar-refractivity contribution in [2.75, 3.05) is 13.1 Å². The summed E-state index contributed by atoms with van der Waals surface area (Å²) in [6.07, 6.45) is 4.21. The maximum atomic E-state index is 13.4. The van der Waals surface area contributed by atoms with Crippen LogP contribution in [0, 0.1) is 5.92 Å². The number of unbranched alkanes of at least 4 members (excludes halogenated alkanes) is 1. The summed E-state index contributed by atoms with van der Waals surface area (Å²) >= 11 is 0. The molecule has 0 spiro atoms. The van der Waals surface area contributed by atoms with Gasteiger partial charge in [0.05, 0.1) is 6.04 Å². The lowest BCUT2D eigenvalue weighted by Crippen LogP contribution is -2.57. The number of hydrogen-bond donors (Lipinski definition) is 9. The smallest absolute Gasteiger partial charge is 0.326 e. The minimum atomic E-state index is -1.22. The maximum Gasteiger partial charge on any atom is 0.326 e. The van der Waals surface area contributed by atoms with E-state index in [2.05, 4.69) is 25.9 Å². The van der Waals surface area contributed by atoms with Gasteiger partial charge in [0, 0.05) is 23.6 Å². The number of aromatic amines is 1. The largest absolute Gasteiger partial charge is 0.480 e. The number of guanidine groups is 1. The number of nitrogens with zero attached hydrogens (tertiary/aromatic N) is 1. The van der Waals surface area contributed by atoms with Crippen molar-refractivity contribution in [1.82, 2.24) is 20.9 Å². The van der Waals surface area contributed by atoms with Gasteiger partial charge in [-0.25, -0.2) is 4.79 Å². The van der Waals surface area contributed by atoms with Crippen molar-refractivity contribution in [2.24, 2.45) is 33.8 Å². The molecule has 4 atom stereocenters. The first kappa shape index (κ1) is 35.0. The Bertz CT molecular complexity index is 1240. The van der Waals surface area contributed by atoms with E-state index in [1.54, 1.807) is 0 Å². The molecule has 0 radical (unpaired) electrons. The fourth-order valence-corrected chi connectivity index (χ4v) is 4.68. The zero-order chi connectivity index (χ0) is 31.9. The van der Waals surface area contributed by atoms with Gasteiger partial charge in [-0.15, -0.1) is 0 Å². The van der Waals surface area contributed by atoms with Crippen LogP contribution in [0.4, 0.5) is 0 Å². The van der Waals surface area contributed by atoms with Crippen molar-refractivity contribution in [3.8, 4) is 0 Å². The standard InChI is InChI=1S/C29H47N9O5/c1-17(2)14-24(27(41)37-23(28(42)43)11-7-13-34-29(32)33)38-26(40)22(10-5-6-12-30)36-25(39)20(31)15-18-16-35-21-9-4-3-8-19(18)21/h3-4,8-9,16-17,20,22-24,35H,5-7,10-15,30-31H2,1-2H3,(H,36,39)(H,37,41)(H,38,40)(H,42,43)(H4,32,33,34). The summed E-state index contributed by atoms with van der Waals surface area (Å²) in [5.41, 5.74) is 24.3. The molecule has 0 aliphatic carbocycles. The highest BCUT2D eigenvalue weighted by Gasteiger charge is 2.30. The number of para-hydroxylation sites is 1. The number of hydrogen-bond acceptors (Lipinski definition) is 7. The molecule has 4 unspecified atom stereocenters. The molecule has 0 aliphatic rings. The van der Waals surface area contributed by atoms with Gasteiger partial charge < -0.3 is 49.0 Å². The third-order valence-corrected chi connectivity index (χ3v) is 6.93. The molecule has 0 bridgehead atoms. The van der Waals surface area contributed by atoms with Crippen LogP contribution < -0.4 is 38.9 Å². The second-order valence-corrected chi connectivity index (χ2v) is 11.1. The normalized spacial score (nSPS) is 14.0. The number of carbonyl (C=O) groups excluding carboxylic acids is 3. The fourth-order valence-electron chi connectivity index (χ4n) is 4.68. The summed E-state index contributed by atoms with van der Waals surface area (Å²) in [4.78, 5) is 58.5. The van der Waals surface area contributed by atoms with E-state index >= 15 is 0 Å². The van der Waals surface area contributed by atoms with Crippen molar-refractivity contribution in [3.05, 3.63) is 36.0 Å². The van der Waals surface area contributed by atoms with Crippen LogP contribution in [-0.2, 0) is 25.6 Å². The predicted octanol–water partition coefficient (Wildman–Crippen LogP) is -0.195. The molecule has 43 heavy (non-hydrogen) atoms. The highest BCUT2D eigenvalue weighted by molar-refractivity contribution is 5.94. The van der Waals surface area contributed by atoms with E-state index in [0.29, 0.717) is 25.8 Å². The average Bonchev–Trinajstić information content (AvgIpc) is 3.35. The van der Waals surface area contributed by atoms with E-state index in [1.807, 2.05) is 44.3 Å². The lowest BCUT2D eigenvalue weighted by Gasteiger charge is -2.26. The zero-order valence-corrected chi connectivity index (χ0v) is 25.0. The average molecular weight is 602 g/mol. The van der Waals surface area contributed by atoms with E-state index in [1.165, 1.54) is 0 Å². The molecule has 14 heteroatoms. The summed E-state index contributed by atoms with van der Waals surface area (Å²) in [5.74, 6) is -3.04. The third kappa shape index (κ3) is 11.9. The molecule has 0 saturated carbocycles. The highest BCUT2D eigenvalue weighted by Crippen LogP contribution is 2.19. The highest BCUT2D eigenvalue weighted by atomic mass is 16.4. The van der Waals surface area contributed by atoms with Crippen LogP contribution in [0.3, 0.4) is 0 Å². The topological polar surface area (TPSA) is 257 Å². The number of aliphatic carboxylic acids is 1. The quantitative estimate of drug-likeness (QED) is 0.0586. The first-order valence-electron chi connectivity index (χ1n) is 14.6. The summed E-state index contributed by atoms with van der Waals surface area (Å²) in [7, 11) is 0. The maximum absolute atomic E-state index is 13.4. The summed E-state index contributed by atoms with van der Waals surface area (Å²) in [6.45, 7) is 4.38. The number of benzene rings is 1. The van der Waals surface area contributed by atoms with Gasteiger partial charge in [0.25, 0.3) is 0 Å². The number of carbonyl (C=O) groups is 4. The lowest BCUT2D eigenvalue weighted by atomic mass is 10.0. The van der Waals surface area contributed by atoms with Crippen LogP contribution in [0.1, 0.15) is 57.9 Å². The molecule has 3 amide bonds. The number of fused-ring (bicyclic) bond motifs is 1. The molecule has 14 nitrogen and oxygen atoms in total. The minimum absolute atomic E-state index is 0.00364. The number of nitrogens with two attached hydrogens (primary N) is 4. The molecule has 0 fully saturated rings. The molecular formula is C29H47N9O5. The zero-order valence-electron chi connectivity index (χ0n) is 25.0. The SMILES string of the molecule is CC(C)CC(NC(=O)C(CCCCN)NC(=O)C(N)Cc1c[nH]c2ccccc12)C(=O)NC(CCCN=C(N)N)C(=O)O. The minimum Gasteiger partial charge on any atom is -0.480 e. The molecule has 1 aromatic heterocycles. The Balaban J connectivity index is 2.11. The molecular weight excluding hydrogens is 554 g/mol. The Morgan fingerprint density at radius 3 is 2.19 bits per heavy atom. The van der Waals surface area contributed by atoms with Gasteiger partial charge in [0.1, 0.15) is 18.1 Å². The molecule has 0 saturated heterocycles. The van der Waals surface area contributed by atoms with Crippen molar-refractivity contribution in [2.45, 2.75) is 83.0 Å². The number of aliphatic imine (C=N–C) groups is 1. The van der Waals surface area contributed by atoms with Crippen LogP contribution in [-0.4, -0.2) is 77.0 Å². The van der Waals surface area contributed by atoms with E-state index in [0.717, 1.165) is 16.5 Å². The van der Waals surface area contributed by atoms with Crippen molar-refractivity contribution < 1.29 is 24.3 Å². The molecule has 238 valence electrons. The van der Waals surface area contributed by atoms with E-state index in [4.69, 9.17) is 22.9 Å². The second kappa shape index (κ2) is 17.7. The van der Waals surface area contributed by atoms with Gasteiger partial charge in [-0.2, -0.15) is 0 Å². The van der Waals surface area contributed by atoms with Crippen LogP contribution in [0.2, 0.25) is 0 Å². The Morgan fingerprint density at radius 1 is 0.907 bits per heavy atom. The van der Waals surface area contributed by atoms with Gasteiger partial charge >= 0.3 is 5.97 Å². The monoisotopic (exact) mass is 601 g/mol. The number of amides is 3. The Kier molecular flexibility index (Phi) is 14.4. The lowest BCUT2D eigenvalue weighted by molar-refractivity contribution is -0.142. The summed E-state index contributed by atoms with van der Waals surface area (Å²) in [5, 5.41) is 18.6. The number of nitrogens with one attached hydrogen (secondary N) is 4. The Morgan fingerprint density at radius 2 is 1.53 bits per heavy atom. The van der Waals surface area contributed by atoms with Gasteiger partial charge in [0.2, 0.25) is 17.7 Å². The molecule has 0 aliphatic heterocycles. The number of rotatable bonds is 19. The number of carboxylic acids is 1. The van der Waals surface area contributed by atoms with Crippen molar-refractivity contribution in [3.63, 3.8) is 0 Å². The number of carboxylic acid groups (broad SMARTS) is 1. The van der Waals surface area contributed by atoms with Crippen LogP contribution in [0.5, 0.6) is 0 Å².